The molecule has 0 aliphatic carbocycles. The van der Waals surface area contributed by atoms with E-state index >= 15 is 0 Å². The van der Waals surface area contributed by atoms with Crippen molar-refractivity contribution in [1.29, 1.82) is 0 Å². The quantitative estimate of drug-likeness (QED) is 0.425. The van der Waals surface area contributed by atoms with Crippen LogP contribution in [0, 0.1) is 0 Å². The first-order valence-electron chi connectivity index (χ1n) is 9.89. The Kier molecular flexibility index (Phi) is 7.29. The van der Waals surface area contributed by atoms with E-state index in [2.05, 4.69) is 26.2 Å². The summed E-state index contributed by atoms with van der Waals surface area (Å²) in [5.41, 5.74) is 2.33. The number of amidine groups is 1. The van der Waals surface area contributed by atoms with Crippen molar-refractivity contribution in [3.8, 4) is 0 Å². The summed E-state index contributed by atoms with van der Waals surface area (Å²) in [6, 6.07) is 24.1. The summed E-state index contributed by atoms with van der Waals surface area (Å²) in [5, 5.41) is 3.41. The Hall–Kier alpha value is -2.61. The number of hydrogen-bond acceptors (Lipinski definition) is 4. The van der Waals surface area contributed by atoms with Crippen molar-refractivity contribution in [3.05, 3.63) is 93.9 Å². The number of hydrogen-bond donors (Lipinski definition) is 1. The van der Waals surface area contributed by atoms with Crippen molar-refractivity contribution in [2.75, 3.05) is 5.32 Å². The minimum Gasteiger partial charge on any atom is -0.325 e. The molecule has 0 saturated carbocycles. The van der Waals surface area contributed by atoms with Crippen LogP contribution in [-0.4, -0.2) is 27.1 Å². The number of nitrogens with one attached hydrogen (secondary N) is 1. The van der Waals surface area contributed by atoms with E-state index in [4.69, 9.17) is 11.6 Å². The molecule has 1 fully saturated rings. The zero-order chi connectivity index (χ0) is 22.5. The zero-order valence-electron chi connectivity index (χ0n) is 16.9. The highest BCUT2D eigenvalue weighted by molar-refractivity contribution is 9.10. The van der Waals surface area contributed by atoms with Crippen LogP contribution in [0.5, 0.6) is 0 Å². The fourth-order valence-electron chi connectivity index (χ4n) is 3.14. The van der Waals surface area contributed by atoms with Gasteiger partial charge in [-0.1, -0.05) is 69.6 Å². The number of carbonyl (C=O) groups excluding carboxylic acids is 2. The fourth-order valence-corrected chi connectivity index (χ4v) is 4.63. The van der Waals surface area contributed by atoms with Gasteiger partial charge in [-0.2, -0.15) is 0 Å². The van der Waals surface area contributed by atoms with Gasteiger partial charge in [-0.15, -0.1) is 0 Å². The molecule has 3 aromatic rings. The van der Waals surface area contributed by atoms with E-state index in [0.29, 0.717) is 28.1 Å². The third-order valence-electron chi connectivity index (χ3n) is 4.78. The number of nitrogens with zero attached hydrogens (tertiary/aromatic N) is 2. The van der Waals surface area contributed by atoms with Crippen LogP contribution in [0.15, 0.2) is 88.3 Å². The van der Waals surface area contributed by atoms with E-state index in [0.717, 1.165) is 10.0 Å². The van der Waals surface area contributed by atoms with Crippen LogP contribution < -0.4 is 5.32 Å². The Labute approximate surface area is 204 Å². The molecule has 1 atom stereocenters. The Bertz CT molecular complexity index is 1140. The number of anilines is 1. The van der Waals surface area contributed by atoms with Crippen molar-refractivity contribution in [2.24, 2.45) is 4.99 Å². The van der Waals surface area contributed by atoms with Gasteiger partial charge in [0.2, 0.25) is 11.8 Å². The van der Waals surface area contributed by atoms with Crippen LogP contribution >= 0.6 is 39.3 Å². The van der Waals surface area contributed by atoms with Crippen LogP contribution in [-0.2, 0) is 16.1 Å². The van der Waals surface area contributed by atoms with Gasteiger partial charge in [-0.3, -0.25) is 14.5 Å². The summed E-state index contributed by atoms with van der Waals surface area (Å²) in [6.45, 7) is 0.389. The molecule has 5 nitrogen and oxygen atoms in total. The lowest BCUT2D eigenvalue weighted by Crippen LogP contribution is -2.44. The Balaban J connectivity index is 1.58. The normalized spacial score (nSPS) is 17.4. The molecule has 1 aliphatic rings. The number of aliphatic imine (C=N–C) groups is 1. The van der Waals surface area contributed by atoms with E-state index in [1.165, 1.54) is 11.8 Å². The summed E-state index contributed by atoms with van der Waals surface area (Å²) in [7, 11) is 0. The highest BCUT2D eigenvalue weighted by Gasteiger charge is 2.36. The van der Waals surface area contributed by atoms with Crippen molar-refractivity contribution < 1.29 is 9.59 Å². The molecule has 1 saturated heterocycles. The Morgan fingerprint density at radius 2 is 1.75 bits per heavy atom. The molecular formula is C24H19BrClN3O2S. The molecule has 1 heterocycles. The lowest BCUT2D eigenvalue weighted by molar-refractivity contribution is -0.129. The minimum absolute atomic E-state index is 0.0967. The minimum atomic E-state index is -0.579. The molecular weight excluding hydrogens is 510 g/mol. The molecule has 8 heteroatoms. The SMILES string of the molecule is O=C(Nc1ccc(Br)cc1)C1CC(=O)N(Cc2ccccc2)C(=Nc2ccc(Cl)cc2)S1. The Morgan fingerprint density at radius 1 is 1.06 bits per heavy atom. The summed E-state index contributed by atoms with van der Waals surface area (Å²) >= 11 is 10.7. The molecule has 0 spiro atoms. The summed E-state index contributed by atoms with van der Waals surface area (Å²) in [5.74, 6) is -0.370. The lowest BCUT2D eigenvalue weighted by Gasteiger charge is -2.32. The molecule has 4 rings (SSSR count). The zero-order valence-corrected chi connectivity index (χ0v) is 20.0. The second-order valence-corrected chi connectivity index (χ2v) is 9.67. The molecule has 0 aromatic heterocycles. The standard InChI is InChI=1S/C24H19BrClN3O2S/c25-17-6-10-19(11-7-17)27-23(31)21-14-22(30)29(15-16-4-2-1-3-5-16)24(32-21)28-20-12-8-18(26)9-13-20/h1-13,21H,14-15H2,(H,27,31). The molecule has 1 unspecified atom stereocenters. The number of halogens is 2. The highest BCUT2D eigenvalue weighted by Crippen LogP contribution is 2.31. The first kappa shape index (κ1) is 22.6. The molecule has 1 aliphatic heterocycles. The number of carbonyl (C=O) groups is 2. The topological polar surface area (TPSA) is 61.8 Å². The highest BCUT2D eigenvalue weighted by atomic mass is 79.9. The maximum absolute atomic E-state index is 13.1. The molecule has 2 amide bonds. The van der Waals surface area contributed by atoms with E-state index < -0.39 is 5.25 Å². The first-order chi connectivity index (χ1) is 15.5. The maximum atomic E-state index is 13.1. The predicted octanol–water partition coefficient (Wildman–Crippen LogP) is 6.26. The number of amides is 2. The molecule has 3 aromatic carbocycles. The summed E-state index contributed by atoms with van der Waals surface area (Å²) in [4.78, 5) is 32.3. The van der Waals surface area contributed by atoms with Crippen molar-refractivity contribution >= 4 is 67.6 Å². The molecule has 162 valence electrons. The van der Waals surface area contributed by atoms with Gasteiger partial charge < -0.3 is 5.32 Å². The molecule has 0 bridgehead atoms. The smallest absolute Gasteiger partial charge is 0.238 e. The van der Waals surface area contributed by atoms with Gasteiger partial charge in [0, 0.05) is 21.6 Å². The maximum Gasteiger partial charge on any atom is 0.238 e. The van der Waals surface area contributed by atoms with E-state index in [-0.39, 0.29) is 18.2 Å². The van der Waals surface area contributed by atoms with Gasteiger partial charge in [0.1, 0.15) is 5.25 Å². The first-order valence-corrected chi connectivity index (χ1v) is 11.9. The number of thioether (sulfide) groups is 1. The average molecular weight is 529 g/mol. The van der Waals surface area contributed by atoms with Gasteiger partial charge in [-0.25, -0.2) is 4.99 Å². The second-order valence-electron chi connectivity index (χ2n) is 7.14. The van der Waals surface area contributed by atoms with Crippen LogP contribution in [0.3, 0.4) is 0 Å². The van der Waals surface area contributed by atoms with Crippen LogP contribution in [0.1, 0.15) is 12.0 Å². The summed E-state index contributed by atoms with van der Waals surface area (Å²) in [6.07, 6.45) is 0.0967. The largest absolute Gasteiger partial charge is 0.325 e. The third kappa shape index (κ3) is 5.79. The van der Waals surface area contributed by atoms with E-state index in [9.17, 15) is 9.59 Å². The second kappa shape index (κ2) is 10.3. The average Bonchev–Trinajstić information content (AvgIpc) is 2.79. The molecule has 0 radical (unpaired) electrons. The summed E-state index contributed by atoms with van der Waals surface area (Å²) < 4.78 is 0.923. The van der Waals surface area contributed by atoms with Gasteiger partial charge in [-0.05, 0) is 54.1 Å². The van der Waals surface area contributed by atoms with Crippen molar-refractivity contribution in [3.63, 3.8) is 0 Å². The van der Waals surface area contributed by atoms with E-state index in [1.807, 2.05) is 54.6 Å². The Morgan fingerprint density at radius 3 is 2.44 bits per heavy atom. The monoisotopic (exact) mass is 527 g/mol. The van der Waals surface area contributed by atoms with Crippen LogP contribution in [0.2, 0.25) is 5.02 Å². The van der Waals surface area contributed by atoms with Crippen LogP contribution in [0.4, 0.5) is 11.4 Å². The molecule has 1 N–H and O–H groups in total. The van der Waals surface area contributed by atoms with Gasteiger partial charge in [0.15, 0.2) is 5.17 Å². The number of rotatable bonds is 5. The van der Waals surface area contributed by atoms with Crippen LogP contribution in [0.25, 0.3) is 0 Å². The van der Waals surface area contributed by atoms with Crippen molar-refractivity contribution in [1.82, 2.24) is 4.90 Å². The third-order valence-corrected chi connectivity index (χ3v) is 6.75. The predicted molar refractivity (Wildman–Crippen MR) is 134 cm³/mol. The lowest BCUT2D eigenvalue weighted by atomic mass is 10.2. The number of benzene rings is 3. The van der Waals surface area contributed by atoms with Gasteiger partial charge in [0.05, 0.1) is 12.2 Å². The van der Waals surface area contributed by atoms with Gasteiger partial charge in [0.25, 0.3) is 0 Å². The van der Waals surface area contributed by atoms with Crippen molar-refractivity contribution in [2.45, 2.75) is 18.2 Å². The van der Waals surface area contributed by atoms with Gasteiger partial charge >= 0.3 is 0 Å². The van der Waals surface area contributed by atoms with E-state index in [1.54, 1.807) is 29.2 Å². The fraction of sp³-hybridized carbons (Fsp3) is 0.125. The molecule has 32 heavy (non-hydrogen) atoms.